The predicted molar refractivity (Wildman–Crippen MR) is 103 cm³/mol. The average Bonchev–Trinajstić information content (AvgIpc) is 3.07. The van der Waals surface area contributed by atoms with Crippen molar-refractivity contribution in [2.24, 2.45) is 5.92 Å². The number of hydrogen-bond donors (Lipinski definition) is 0. The lowest BCUT2D eigenvalue weighted by Crippen LogP contribution is -2.34. The molecule has 0 spiro atoms. The second-order valence-electron chi connectivity index (χ2n) is 7.35. The van der Waals surface area contributed by atoms with Crippen LogP contribution in [0.25, 0.3) is 0 Å². The Morgan fingerprint density at radius 3 is 2.52 bits per heavy atom. The molecule has 0 aromatic heterocycles. The van der Waals surface area contributed by atoms with E-state index in [4.69, 9.17) is 0 Å². The SMILES string of the molecule is CC(=O)N1CCc2cc(N3CCC(Cc4ccccc4)CC3)ccc21. The van der Waals surface area contributed by atoms with Gasteiger partial charge in [0.15, 0.2) is 0 Å². The fraction of sp³-hybridized carbons (Fsp3) is 0.409. The van der Waals surface area contributed by atoms with Crippen LogP contribution >= 0.6 is 0 Å². The molecule has 25 heavy (non-hydrogen) atoms. The van der Waals surface area contributed by atoms with Crippen molar-refractivity contribution >= 4 is 17.3 Å². The molecule has 2 aliphatic rings. The highest BCUT2D eigenvalue weighted by Gasteiger charge is 2.24. The maximum Gasteiger partial charge on any atom is 0.223 e. The maximum atomic E-state index is 11.7. The van der Waals surface area contributed by atoms with Crippen LogP contribution in [0.4, 0.5) is 11.4 Å². The molecule has 0 radical (unpaired) electrons. The van der Waals surface area contributed by atoms with Crippen LogP contribution in [0.2, 0.25) is 0 Å². The molecule has 2 aliphatic heterocycles. The van der Waals surface area contributed by atoms with Crippen molar-refractivity contribution in [2.45, 2.75) is 32.6 Å². The molecule has 0 N–H and O–H groups in total. The van der Waals surface area contributed by atoms with E-state index in [1.165, 1.54) is 36.1 Å². The van der Waals surface area contributed by atoms with Gasteiger partial charge < -0.3 is 9.80 Å². The van der Waals surface area contributed by atoms with Gasteiger partial charge in [-0.1, -0.05) is 30.3 Å². The van der Waals surface area contributed by atoms with Crippen molar-refractivity contribution in [3.8, 4) is 0 Å². The molecule has 0 saturated carbocycles. The number of fused-ring (bicyclic) bond motifs is 1. The van der Waals surface area contributed by atoms with Crippen LogP contribution in [0.1, 0.15) is 30.9 Å². The van der Waals surface area contributed by atoms with E-state index < -0.39 is 0 Å². The van der Waals surface area contributed by atoms with Gasteiger partial charge in [-0.3, -0.25) is 4.79 Å². The molecule has 1 saturated heterocycles. The van der Waals surface area contributed by atoms with Gasteiger partial charge in [0, 0.05) is 37.9 Å². The lowest BCUT2D eigenvalue weighted by Gasteiger charge is -2.34. The zero-order valence-electron chi connectivity index (χ0n) is 14.9. The van der Waals surface area contributed by atoms with Crippen molar-refractivity contribution in [1.29, 1.82) is 0 Å². The highest BCUT2D eigenvalue weighted by molar-refractivity contribution is 5.94. The Morgan fingerprint density at radius 2 is 1.80 bits per heavy atom. The van der Waals surface area contributed by atoms with Crippen LogP contribution in [0.3, 0.4) is 0 Å². The minimum Gasteiger partial charge on any atom is -0.372 e. The predicted octanol–water partition coefficient (Wildman–Crippen LogP) is 4.05. The number of hydrogen-bond acceptors (Lipinski definition) is 2. The van der Waals surface area contributed by atoms with Crippen molar-refractivity contribution < 1.29 is 4.79 Å². The van der Waals surface area contributed by atoms with Crippen molar-refractivity contribution in [2.75, 3.05) is 29.4 Å². The van der Waals surface area contributed by atoms with Crippen molar-refractivity contribution in [3.05, 3.63) is 59.7 Å². The van der Waals surface area contributed by atoms with Crippen LogP contribution in [0, 0.1) is 5.92 Å². The van der Waals surface area contributed by atoms with Gasteiger partial charge in [-0.25, -0.2) is 0 Å². The quantitative estimate of drug-likeness (QED) is 0.845. The molecular formula is C22H26N2O. The van der Waals surface area contributed by atoms with Crippen LogP contribution in [0.15, 0.2) is 48.5 Å². The van der Waals surface area contributed by atoms with Gasteiger partial charge >= 0.3 is 0 Å². The highest BCUT2D eigenvalue weighted by Crippen LogP contribution is 2.33. The number of carbonyl (C=O) groups excluding carboxylic acids is 1. The number of anilines is 2. The normalized spacial score (nSPS) is 17.6. The van der Waals surface area contributed by atoms with E-state index in [-0.39, 0.29) is 5.91 Å². The first-order valence-electron chi connectivity index (χ1n) is 9.40. The first-order chi connectivity index (χ1) is 12.2. The average molecular weight is 334 g/mol. The minimum absolute atomic E-state index is 0.147. The van der Waals surface area contributed by atoms with Crippen LogP contribution < -0.4 is 9.80 Å². The molecule has 1 fully saturated rings. The number of rotatable bonds is 3. The standard InChI is InChI=1S/C22H26N2O/c1-17(25)24-14-11-20-16-21(7-8-22(20)24)23-12-9-19(10-13-23)15-18-5-3-2-4-6-18/h2-8,16,19H,9-15H2,1H3. The Labute approximate surface area is 150 Å². The molecule has 2 aromatic carbocycles. The molecule has 2 aromatic rings. The molecule has 0 bridgehead atoms. The maximum absolute atomic E-state index is 11.7. The lowest BCUT2D eigenvalue weighted by atomic mass is 9.90. The van der Waals surface area contributed by atoms with E-state index in [9.17, 15) is 4.79 Å². The minimum atomic E-state index is 0.147. The Kier molecular flexibility index (Phi) is 4.48. The fourth-order valence-electron chi connectivity index (χ4n) is 4.25. The highest BCUT2D eigenvalue weighted by atomic mass is 16.2. The summed E-state index contributed by atoms with van der Waals surface area (Å²) in [6.45, 7) is 4.74. The van der Waals surface area contributed by atoms with E-state index in [1.807, 2.05) is 4.90 Å². The number of carbonyl (C=O) groups is 1. The smallest absolute Gasteiger partial charge is 0.223 e. The van der Waals surface area contributed by atoms with E-state index in [0.717, 1.165) is 37.7 Å². The third kappa shape index (κ3) is 3.41. The third-order valence-electron chi connectivity index (χ3n) is 5.69. The zero-order valence-corrected chi connectivity index (χ0v) is 14.9. The number of amides is 1. The summed E-state index contributed by atoms with van der Waals surface area (Å²) in [6, 6.07) is 17.5. The molecule has 3 heteroatoms. The topological polar surface area (TPSA) is 23.6 Å². The zero-order chi connectivity index (χ0) is 17.2. The molecule has 130 valence electrons. The molecule has 3 nitrogen and oxygen atoms in total. The summed E-state index contributed by atoms with van der Waals surface area (Å²) in [5.74, 6) is 0.939. The van der Waals surface area contributed by atoms with Gasteiger partial charge in [0.05, 0.1) is 0 Å². The number of nitrogens with zero attached hydrogens (tertiary/aromatic N) is 2. The molecule has 0 atom stereocenters. The Bertz CT molecular complexity index is 748. The number of piperidine rings is 1. The van der Waals surface area contributed by atoms with E-state index in [0.29, 0.717) is 0 Å². The lowest BCUT2D eigenvalue weighted by molar-refractivity contribution is -0.116. The first-order valence-corrected chi connectivity index (χ1v) is 9.40. The van der Waals surface area contributed by atoms with E-state index in [1.54, 1.807) is 6.92 Å². The van der Waals surface area contributed by atoms with Crippen molar-refractivity contribution in [1.82, 2.24) is 0 Å². The Hall–Kier alpha value is -2.29. The van der Waals surface area contributed by atoms with Gasteiger partial charge in [0.2, 0.25) is 5.91 Å². The summed E-state index contributed by atoms with van der Waals surface area (Å²) in [5, 5.41) is 0. The molecule has 2 heterocycles. The molecule has 4 rings (SSSR count). The molecule has 1 amide bonds. The third-order valence-corrected chi connectivity index (χ3v) is 5.69. The van der Waals surface area contributed by atoms with Gasteiger partial charge in [0.25, 0.3) is 0 Å². The summed E-state index contributed by atoms with van der Waals surface area (Å²) < 4.78 is 0. The van der Waals surface area contributed by atoms with E-state index >= 15 is 0 Å². The summed E-state index contributed by atoms with van der Waals surface area (Å²) in [5.41, 5.74) is 5.21. The van der Waals surface area contributed by atoms with Crippen LogP contribution in [-0.4, -0.2) is 25.5 Å². The largest absolute Gasteiger partial charge is 0.372 e. The second kappa shape index (κ2) is 6.91. The summed E-state index contributed by atoms with van der Waals surface area (Å²) in [4.78, 5) is 16.1. The van der Waals surface area contributed by atoms with Crippen LogP contribution in [-0.2, 0) is 17.6 Å². The molecule has 0 unspecified atom stereocenters. The fourth-order valence-corrected chi connectivity index (χ4v) is 4.25. The van der Waals surface area contributed by atoms with Gasteiger partial charge in [-0.2, -0.15) is 0 Å². The van der Waals surface area contributed by atoms with Gasteiger partial charge in [-0.05, 0) is 60.9 Å². The number of benzene rings is 2. The van der Waals surface area contributed by atoms with Crippen molar-refractivity contribution in [3.63, 3.8) is 0 Å². The first kappa shape index (κ1) is 16.2. The Balaban J connectivity index is 1.39. The summed E-state index contributed by atoms with van der Waals surface area (Å²) >= 11 is 0. The van der Waals surface area contributed by atoms with Gasteiger partial charge in [-0.15, -0.1) is 0 Å². The molecular weight excluding hydrogens is 308 g/mol. The van der Waals surface area contributed by atoms with Gasteiger partial charge in [0.1, 0.15) is 0 Å². The van der Waals surface area contributed by atoms with Crippen LogP contribution in [0.5, 0.6) is 0 Å². The molecule has 0 aliphatic carbocycles. The summed E-state index contributed by atoms with van der Waals surface area (Å²) in [6.07, 6.45) is 4.69. The van der Waals surface area contributed by atoms with E-state index in [2.05, 4.69) is 53.4 Å². The summed E-state index contributed by atoms with van der Waals surface area (Å²) in [7, 11) is 0. The monoisotopic (exact) mass is 334 g/mol. The second-order valence-corrected chi connectivity index (χ2v) is 7.35. The Morgan fingerprint density at radius 1 is 1.04 bits per heavy atom.